The van der Waals surface area contributed by atoms with Crippen LogP contribution in [0.3, 0.4) is 0 Å². The Balaban J connectivity index is 0.000000171. The van der Waals surface area contributed by atoms with Crippen molar-refractivity contribution in [1.82, 2.24) is 4.42 Å². The van der Waals surface area contributed by atoms with Crippen molar-refractivity contribution < 1.29 is 19.5 Å². The van der Waals surface area contributed by atoms with Crippen LogP contribution in [0.15, 0.2) is 30.3 Å². The Morgan fingerprint density at radius 1 is 1.12 bits per heavy atom. The summed E-state index contributed by atoms with van der Waals surface area (Å²) in [5, 5.41) is 8.38. The second kappa shape index (κ2) is 6.00. The summed E-state index contributed by atoms with van der Waals surface area (Å²) in [5.74, 6) is -1.47. The zero-order chi connectivity index (χ0) is 12.8. The van der Waals surface area contributed by atoms with E-state index in [1.54, 1.807) is 30.3 Å². The standard InChI is InChI=1S/C7H6O2.C4H4ClNO2/c8-7(9)6-4-2-1-3-5-6;5-6-3(7)1-2-4(6)8/h1-5H,(H,8,9);1-2H2. The van der Waals surface area contributed by atoms with Gasteiger partial charge in [-0.2, -0.15) is 4.42 Å². The summed E-state index contributed by atoms with van der Waals surface area (Å²) < 4.78 is 0.639. The summed E-state index contributed by atoms with van der Waals surface area (Å²) in [7, 11) is 0. The third kappa shape index (κ3) is 3.88. The molecule has 0 radical (unpaired) electrons. The number of carbonyl (C=O) groups is 3. The number of nitrogens with zero attached hydrogens (tertiary/aromatic N) is 1. The van der Waals surface area contributed by atoms with Gasteiger partial charge in [-0.1, -0.05) is 18.2 Å². The van der Waals surface area contributed by atoms with Crippen LogP contribution in [0.5, 0.6) is 0 Å². The third-order valence-corrected chi connectivity index (χ3v) is 2.39. The van der Waals surface area contributed by atoms with E-state index < -0.39 is 5.97 Å². The van der Waals surface area contributed by atoms with Gasteiger partial charge in [-0.15, -0.1) is 0 Å². The van der Waals surface area contributed by atoms with Crippen LogP contribution in [0.4, 0.5) is 0 Å². The second-order valence-corrected chi connectivity index (χ2v) is 3.58. The monoisotopic (exact) mass is 255 g/mol. The fraction of sp³-hybridized carbons (Fsp3) is 0.182. The number of carboxylic acids is 1. The molecular weight excluding hydrogens is 246 g/mol. The van der Waals surface area contributed by atoms with E-state index in [0.29, 0.717) is 9.98 Å². The number of rotatable bonds is 1. The molecule has 0 saturated carbocycles. The average Bonchev–Trinajstić information content (AvgIpc) is 2.62. The van der Waals surface area contributed by atoms with Crippen molar-refractivity contribution in [3.8, 4) is 0 Å². The van der Waals surface area contributed by atoms with Gasteiger partial charge in [0.15, 0.2) is 0 Å². The van der Waals surface area contributed by atoms with Crippen LogP contribution in [0, 0.1) is 0 Å². The summed E-state index contributed by atoms with van der Waals surface area (Å²) in [4.78, 5) is 30.9. The number of carbonyl (C=O) groups excluding carboxylic acids is 2. The normalized spacial score (nSPS) is 14.3. The molecule has 1 aliphatic rings. The number of hydrogen-bond donors (Lipinski definition) is 1. The molecule has 2 amide bonds. The highest BCUT2D eigenvalue weighted by Crippen LogP contribution is 2.12. The zero-order valence-corrected chi connectivity index (χ0v) is 9.55. The molecule has 1 aromatic rings. The van der Waals surface area contributed by atoms with Crippen LogP contribution in [0.25, 0.3) is 0 Å². The van der Waals surface area contributed by atoms with Gasteiger partial charge in [0, 0.05) is 24.6 Å². The molecule has 1 heterocycles. The van der Waals surface area contributed by atoms with Crippen LogP contribution in [-0.4, -0.2) is 27.3 Å². The molecule has 6 heteroatoms. The Kier molecular flexibility index (Phi) is 4.66. The van der Waals surface area contributed by atoms with Crippen LogP contribution in [-0.2, 0) is 9.59 Å². The highest BCUT2D eigenvalue weighted by atomic mass is 35.5. The third-order valence-electron chi connectivity index (χ3n) is 2.01. The lowest BCUT2D eigenvalue weighted by Gasteiger charge is -1.96. The average molecular weight is 256 g/mol. The van der Waals surface area contributed by atoms with Crippen LogP contribution < -0.4 is 0 Å². The van der Waals surface area contributed by atoms with Gasteiger partial charge in [-0.25, -0.2) is 4.79 Å². The molecule has 0 unspecified atom stereocenters. The van der Waals surface area contributed by atoms with Crippen LogP contribution in [0.1, 0.15) is 23.2 Å². The number of amides is 2. The quantitative estimate of drug-likeness (QED) is 0.612. The molecule has 0 atom stereocenters. The second-order valence-electron chi connectivity index (χ2n) is 3.24. The number of benzene rings is 1. The molecule has 1 N–H and O–H groups in total. The summed E-state index contributed by atoms with van der Waals surface area (Å²) in [5.41, 5.74) is 0.331. The first-order chi connectivity index (χ1) is 8.02. The summed E-state index contributed by atoms with van der Waals surface area (Å²) in [6.07, 6.45) is 0.532. The van der Waals surface area contributed by atoms with Crippen molar-refractivity contribution >= 4 is 29.6 Å². The predicted octanol–water partition coefficient (Wildman–Crippen LogP) is 1.67. The molecular formula is C11H10ClNO4. The van der Waals surface area contributed by atoms with E-state index in [0.717, 1.165) is 0 Å². The highest BCUT2D eigenvalue weighted by Gasteiger charge is 2.26. The molecule has 2 rings (SSSR count). The molecule has 5 nitrogen and oxygen atoms in total. The highest BCUT2D eigenvalue weighted by molar-refractivity contribution is 6.32. The molecule has 90 valence electrons. The molecule has 1 saturated heterocycles. The van der Waals surface area contributed by atoms with Crippen molar-refractivity contribution in [1.29, 1.82) is 0 Å². The lowest BCUT2D eigenvalue weighted by molar-refractivity contribution is -0.132. The summed E-state index contributed by atoms with van der Waals surface area (Å²) >= 11 is 5.15. The first kappa shape index (κ1) is 13.2. The topological polar surface area (TPSA) is 74.7 Å². The van der Waals surface area contributed by atoms with Crippen molar-refractivity contribution in [3.05, 3.63) is 35.9 Å². The number of hydrogen-bond acceptors (Lipinski definition) is 3. The van der Waals surface area contributed by atoms with E-state index in [1.165, 1.54) is 0 Å². The summed E-state index contributed by atoms with van der Waals surface area (Å²) in [6.45, 7) is 0. The van der Waals surface area contributed by atoms with Crippen molar-refractivity contribution in [2.45, 2.75) is 12.8 Å². The van der Waals surface area contributed by atoms with Crippen molar-refractivity contribution in [3.63, 3.8) is 0 Å². The van der Waals surface area contributed by atoms with Gasteiger partial charge < -0.3 is 5.11 Å². The van der Waals surface area contributed by atoms with Crippen molar-refractivity contribution in [2.24, 2.45) is 0 Å². The zero-order valence-electron chi connectivity index (χ0n) is 8.80. The molecule has 0 aromatic heterocycles. The Labute approximate surface area is 103 Å². The minimum Gasteiger partial charge on any atom is -0.478 e. The van der Waals surface area contributed by atoms with E-state index in [-0.39, 0.29) is 24.7 Å². The van der Waals surface area contributed by atoms with Gasteiger partial charge in [0.2, 0.25) is 11.8 Å². The van der Waals surface area contributed by atoms with Crippen molar-refractivity contribution in [2.75, 3.05) is 0 Å². The van der Waals surface area contributed by atoms with Crippen LogP contribution in [0.2, 0.25) is 0 Å². The van der Waals surface area contributed by atoms with Gasteiger partial charge >= 0.3 is 5.97 Å². The number of halogens is 1. The number of imide groups is 1. The Bertz CT molecular complexity index is 416. The van der Waals surface area contributed by atoms with Gasteiger partial charge in [-0.3, -0.25) is 9.59 Å². The first-order valence-electron chi connectivity index (χ1n) is 4.82. The molecule has 0 spiro atoms. The summed E-state index contributed by atoms with van der Waals surface area (Å²) in [6, 6.07) is 8.30. The predicted molar refractivity (Wildman–Crippen MR) is 60.3 cm³/mol. The molecule has 0 aliphatic carbocycles. The van der Waals surface area contributed by atoms with E-state index in [2.05, 4.69) is 0 Å². The maximum absolute atomic E-state index is 10.4. The fourth-order valence-electron chi connectivity index (χ4n) is 1.13. The lowest BCUT2D eigenvalue weighted by atomic mass is 10.2. The Morgan fingerprint density at radius 3 is 1.82 bits per heavy atom. The maximum atomic E-state index is 10.4. The number of carboxylic acid groups (broad SMARTS) is 1. The number of aromatic carboxylic acids is 1. The Morgan fingerprint density at radius 2 is 1.59 bits per heavy atom. The van der Waals surface area contributed by atoms with E-state index in [4.69, 9.17) is 16.9 Å². The largest absolute Gasteiger partial charge is 0.478 e. The van der Waals surface area contributed by atoms with E-state index in [1.807, 2.05) is 0 Å². The SMILES string of the molecule is O=C(O)c1ccccc1.O=C1CCC(=O)N1Cl. The van der Waals surface area contributed by atoms with Gasteiger partial charge in [0.1, 0.15) is 0 Å². The minimum absolute atomic E-state index is 0.266. The molecule has 1 aliphatic heterocycles. The lowest BCUT2D eigenvalue weighted by Crippen LogP contribution is -2.16. The maximum Gasteiger partial charge on any atom is 0.335 e. The molecule has 0 bridgehead atoms. The van der Waals surface area contributed by atoms with Gasteiger partial charge in [0.25, 0.3) is 0 Å². The minimum atomic E-state index is -0.879. The smallest absolute Gasteiger partial charge is 0.335 e. The molecule has 17 heavy (non-hydrogen) atoms. The van der Waals surface area contributed by atoms with E-state index >= 15 is 0 Å². The first-order valence-corrected chi connectivity index (χ1v) is 5.16. The van der Waals surface area contributed by atoms with Gasteiger partial charge in [-0.05, 0) is 12.1 Å². The van der Waals surface area contributed by atoms with E-state index in [9.17, 15) is 14.4 Å². The molecule has 1 fully saturated rings. The Hall–Kier alpha value is -1.88. The van der Waals surface area contributed by atoms with Gasteiger partial charge in [0.05, 0.1) is 5.56 Å². The van der Waals surface area contributed by atoms with Crippen LogP contribution >= 0.6 is 11.8 Å². The molecule has 1 aromatic carbocycles. The fourth-order valence-corrected chi connectivity index (χ4v) is 1.30.